The van der Waals surface area contributed by atoms with Crippen molar-refractivity contribution in [1.82, 2.24) is 4.90 Å². The number of carboxylic acids is 1. The highest BCUT2D eigenvalue weighted by Crippen LogP contribution is 2.29. The normalized spacial score (nSPS) is 21.5. The van der Waals surface area contributed by atoms with Crippen molar-refractivity contribution in [3.63, 3.8) is 0 Å². The molecular formula is C15H19NO4. The van der Waals surface area contributed by atoms with Crippen molar-refractivity contribution in [3.8, 4) is 0 Å². The predicted octanol–water partition coefficient (Wildman–Crippen LogP) is 1.48. The zero-order valence-corrected chi connectivity index (χ0v) is 11.7. The highest BCUT2D eigenvalue weighted by molar-refractivity contribution is 5.87. The molecule has 2 atom stereocenters. The van der Waals surface area contributed by atoms with E-state index in [1.54, 1.807) is 11.8 Å². The summed E-state index contributed by atoms with van der Waals surface area (Å²) in [5.74, 6) is -1.51. The van der Waals surface area contributed by atoms with E-state index in [2.05, 4.69) is 0 Å². The lowest BCUT2D eigenvalue weighted by Gasteiger charge is -2.31. The van der Waals surface area contributed by atoms with E-state index in [-0.39, 0.29) is 12.5 Å². The summed E-state index contributed by atoms with van der Waals surface area (Å²) in [5, 5.41) is 9.02. The quantitative estimate of drug-likeness (QED) is 0.905. The average Bonchev–Trinajstić information content (AvgIpc) is 2.96. The molecule has 1 aliphatic rings. The Kier molecular flexibility index (Phi) is 4.09. The number of hydrogen-bond donors (Lipinski definition) is 1. The van der Waals surface area contributed by atoms with Gasteiger partial charge in [-0.25, -0.2) is 0 Å². The molecule has 2 unspecified atom stereocenters. The van der Waals surface area contributed by atoms with Gasteiger partial charge < -0.3 is 14.7 Å². The summed E-state index contributed by atoms with van der Waals surface area (Å²) >= 11 is 0. The Bertz CT molecular complexity index is 502. The largest absolute Gasteiger partial charge is 0.481 e. The minimum atomic E-state index is -1.07. The number of carbonyl (C=O) groups excluding carboxylic acids is 1. The van der Waals surface area contributed by atoms with Gasteiger partial charge in [0.1, 0.15) is 0 Å². The first kappa shape index (κ1) is 14.5. The van der Waals surface area contributed by atoms with E-state index in [1.165, 1.54) is 7.11 Å². The van der Waals surface area contributed by atoms with Gasteiger partial charge in [0.25, 0.3) is 5.91 Å². The molecule has 0 bridgehead atoms. The number of benzene rings is 1. The van der Waals surface area contributed by atoms with Gasteiger partial charge in [0, 0.05) is 20.2 Å². The number of amides is 1. The maximum Gasteiger partial charge on any atom is 0.308 e. The molecule has 0 aliphatic carbocycles. The van der Waals surface area contributed by atoms with Crippen LogP contribution in [-0.2, 0) is 19.9 Å². The molecule has 0 saturated carbocycles. The molecule has 20 heavy (non-hydrogen) atoms. The lowest BCUT2D eigenvalue weighted by molar-refractivity contribution is -0.153. The molecule has 108 valence electrons. The Morgan fingerprint density at radius 1 is 1.35 bits per heavy atom. The van der Waals surface area contributed by atoms with Gasteiger partial charge in [0.15, 0.2) is 5.60 Å². The molecule has 1 aliphatic heterocycles. The van der Waals surface area contributed by atoms with Gasteiger partial charge in [-0.05, 0) is 18.9 Å². The van der Waals surface area contributed by atoms with Crippen LogP contribution < -0.4 is 0 Å². The molecule has 0 aromatic heterocycles. The smallest absolute Gasteiger partial charge is 0.308 e. The number of carbonyl (C=O) groups is 2. The van der Waals surface area contributed by atoms with Gasteiger partial charge in [-0.1, -0.05) is 30.3 Å². The lowest BCUT2D eigenvalue weighted by atomic mass is 9.94. The molecular weight excluding hydrogens is 258 g/mol. The number of likely N-dealkylation sites (tertiary alicyclic amines) is 1. The van der Waals surface area contributed by atoms with Crippen LogP contribution in [0.4, 0.5) is 0 Å². The number of rotatable bonds is 4. The van der Waals surface area contributed by atoms with Crippen LogP contribution in [0.15, 0.2) is 30.3 Å². The standard InChI is InChI=1S/C15H19NO4/c1-15(20-2,12-6-4-3-5-7-12)14(19)16-9-8-11(10-16)13(17)18/h3-7,11H,8-10H2,1-2H3,(H,17,18). The van der Waals surface area contributed by atoms with Crippen molar-refractivity contribution in [1.29, 1.82) is 0 Å². The maximum atomic E-state index is 12.7. The van der Waals surface area contributed by atoms with E-state index in [1.807, 2.05) is 30.3 Å². The topological polar surface area (TPSA) is 66.8 Å². The first-order valence-electron chi connectivity index (χ1n) is 6.62. The number of aliphatic carboxylic acids is 1. The van der Waals surface area contributed by atoms with E-state index in [4.69, 9.17) is 9.84 Å². The average molecular weight is 277 g/mol. The van der Waals surface area contributed by atoms with Crippen LogP contribution in [0.3, 0.4) is 0 Å². The molecule has 1 heterocycles. The second-order valence-corrected chi connectivity index (χ2v) is 5.18. The molecule has 1 saturated heterocycles. The van der Waals surface area contributed by atoms with Crippen molar-refractivity contribution in [2.75, 3.05) is 20.2 Å². The van der Waals surface area contributed by atoms with Crippen LogP contribution in [0, 0.1) is 5.92 Å². The summed E-state index contributed by atoms with van der Waals surface area (Å²) in [6.45, 7) is 2.43. The van der Waals surface area contributed by atoms with Crippen molar-refractivity contribution in [2.45, 2.75) is 18.9 Å². The lowest BCUT2D eigenvalue weighted by Crippen LogP contribution is -2.45. The summed E-state index contributed by atoms with van der Waals surface area (Å²) in [6.07, 6.45) is 0.496. The molecule has 1 aromatic rings. The van der Waals surface area contributed by atoms with Crippen LogP contribution in [0.1, 0.15) is 18.9 Å². The Labute approximate surface area is 118 Å². The number of ether oxygens (including phenoxy) is 1. The zero-order valence-electron chi connectivity index (χ0n) is 11.7. The second kappa shape index (κ2) is 5.63. The zero-order chi connectivity index (χ0) is 14.8. The number of hydrogen-bond acceptors (Lipinski definition) is 3. The van der Waals surface area contributed by atoms with Gasteiger partial charge in [-0.15, -0.1) is 0 Å². The molecule has 0 radical (unpaired) electrons. The van der Waals surface area contributed by atoms with E-state index >= 15 is 0 Å². The highest BCUT2D eigenvalue weighted by Gasteiger charge is 2.42. The first-order chi connectivity index (χ1) is 9.49. The number of carboxylic acid groups (broad SMARTS) is 1. The fourth-order valence-electron chi connectivity index (χ4n) is 2.53. The van der Waals surface area contributed by atoms with Crippen molar-refractivity contribution < 1.29 is 19.4 Å². The Balaban J connectivity index is 2.20. The molecule has 1 fully saturated rings. The van der Waals surface area contributed by atoms with Crippen molar-refractivity contribution in [3.05, 3.63) is 35.9 Å². The Morgan fingerprint density at radius 2 is 2.00 bits per heavy atom. The van der Waals surface area contributed by atoms with Gasteiger partial charge >= 0.3 is 5.97 Å². The molecule has 1 amide bonds. The third-order valence-corrected chi connectivity index (χ3v) is 3.97. The van der Waals surface area contributed by atoms with Gasteiger partial charge in [-0.3, -0.25) is 9.59 Å². The first-order valence-corrected chi connectivity index (χ1v) is 6.62. The van der Waals surface area contributed by atoms with Crippen molar-refractivity contribution >= 4 is 11.9 Å². The maximum absolute atomic E-state index is 12.7. The van der Waals surface area contributed by atoms with Gasteiger partial charge in [-0.2, -0.15) is 0 Å². The molecule has 1 N–H and O–H groups in total. The Hall–Kier alpha value is -1.88. The Morgan fingerprint density at radius 3 is 2.50 bits per heavy atom. The van der Waals surface area contributed by atoms with Gasteiger partial charge in [0.05, 0.1) is 5.92 Å². The highest BCUT2D eigenvalue weighted by atomic mass is 16.5. The third-order valence-electron chi connectivity index (χ3n) is 3.97. The van der Waals surface area contributed by atoms with Crippen molar-refractivity contribution in [2.24, 2.45) is 5.92 Å². The minimum absolute atomic E-state index is 0.185. The summed E-state index contributed by atoms with van der Waals surface area (Å²) in [4.78, 5) is 25.2. The summed E-state index contributed by atoms with van der Waals surface area (Å²) in [6, 6.07) is 9.26. The van der Waals surface area contributed by atoms with Crippen LogP contribution in [0.5, 0.6) is 0 Å². The van der Waals surface area contributed by atoms with Gasteiger partial charge in [0.2, 0.25) is 0 Å². The monoisotopic (exact) mass is 277 g/mol. The summed E-state index contributed by atoms with van der Waals surface area (Å²) < 4.78 is 5.46. The van der Waals surface area contributed by atoms with Crippen LogP contribution in [0.25, 0.3) is 0 Å². The summed E-state index contributed by atoms with van der Waals surface area (Å²) in [5.41, 5.74) is -0.305. The predicted molar refractivity (Wildman–Crippen MR) is 73.1 cm³/mol. The fourth-order valence-corrected chi connectivity index (χ4v) is 2.53. The summed E-state index contributed by atoms with van der Waals surface area (Å²) in [7, 11) is 1.50. The molecule has 1 aromatic carbocycles. The SMILES string of the molecule is COC(C)(C(=O)N1CCC(C(=O)O)C1)c1ccccc1. The van der Waals surface area contributed by atoms with E-state index in [0.29, 0.717) is 13.0 Å². The van der Waals surface area contributed by atoms with Crippen LogP contribution in [0.2, 0.25) is 0 Å². The second-order valence-electron chi connectivity index (χ2n) is 5.18. The molecule has 0 spiro atoms. The van der Waals surface area contributed by atoms with E-state index < -0.39 is 17.5 Å². The fraction of sp³-hybridized carbons (Fsp3) is 0.467. The molecule has 5 heteroatoms. The molecule has 5 nitrogen and oxygen atoms in total. The van der Waals surface area contributed by atoms with Crippen LogP contribution >= 0.6 is 0 Å². The van der Waals surface area contributed by atoms with E-state index in [9.17, 15) is 9.59 Å². The molecule has 2 rings (SSSR count). The number of nitrogens with zero attached hydrogens (tertiary/aromatic N) is 1. The minimum Gasteiger partial charge on any atom is -0.481 e. The number of methoxy groups -OCH3 is 1. The van der Waals surface area contributed by atoms with Crippen LogP contribution in [-0.4, -0.2) is 42.1 Å². The van der Waals surface area contributed by atoms with E-state index in [0.717, 1.165) is 5.56 Å². The third kappa shape index (κ3) is 2.54.